The summed E-state index contributed by atoms with van der Waals surface area (Å²) >= 11 is 0. The summed E-state index contributed by atoms with van der Waals surface area (Å²) in [6.45, 7) is 4.13. The normalized spacial score (nSPS) is 13.6. The third-order valence-electron chi connectivity index (χ3n) is 5.07. The summed E-state index contributed by atoms with van der Waals surface area (Å²) in [4.78, 5) is 16.3. The van der Waals surface area contributed by atoms with Crippen LogP contribution in [0.3, 0.4) is 0 Å². The fraction of sp³-hybridized carbons (Fsp3) is 0.391. The third kappa shape index (κ3) is 5.57. The number of aromatic nitrogens is 2. The zero-order chi connectivity index (χ0) is 20.1. The lowest BCUT2D eigenvalue weighted by Gasteiger charge is -2.07. The second kappa shape index (κ2) is 9.09. The number of carbonyl (C=O) groups excluding carboxylic acids is 1. The Kier molecular flexibility index (Phi) is 6.10. The van der Waals surface area contributed by atoms with Gasteiger partial charge in [-0.2, -0.15) is 0 Å². The number of nitrogens with zero attached hydrogens (tertiary/aromatic N) is 2. The predicted molar refractivity (Wildman–Crippen MR) is 113 cm³/mol. The van der Waals surface area contributed by atoms with Crippen LogP contribution in [0.15, 0.2) is 48.8 Å². The molecule has 152 valence electrons. The molecular formula is C23H28N4O2. The molecule has 0 unspecified atom stereocenters. The van der Waals surface area contributed by atoms with Crippen molar-refractivity contribution in [2.75, 3.05) is 6.54 Å². The van der Waals surface area contributed by atoms with Crippen molar-refractivity contribution in [3.63, 3.8) is 0 Å². The average Bonchev–Trinajstić information content (AvgIpc) is 3.42. The van der Waals surface area contributed by atoms with Gasteiger partial charge >= 0.3 is 0 Å². The predicted octanol–water partition coefficient (Wildman–Crippen LogP) is 3.37. The van der Waals surface area contributed by atoms with Crippen molar-refractivity contribution in [2.45, 2.75) is 51.8 Å². The van der Waals surface area contributed by atoms with Gasteiger partial charge in [-0.1, -0.05) is 18.2 Å². The van der Waals surface area contributed by atoms with Gasteiger partial charge in [0.1, 0.15) is 18.0 Å². The lowest BCUT2D eigenvalue weighted by atomic mass is 10.2. The topological polar surface area (TPSA) is 67.7 Å². The van der Waals surface area contributed by atoms with Crippen molar-refractivity contribution in [3.05, 3.63) is 65.6 Å². The number of imidazole rings is 1. The standard InChI is InChI=1S/C23H28N4O2/c1-17-4-3-13-27-15-20(26-23(17)27)16-29-21-10-6-18(7-11-21)14-24-12-2-5-22(28)25-19-8-9-19/h3-4,6-7,10-11,13,15,19,24H,2,5,8-9,12,14,16H2,1H3,(H,25,28). The van der Waals surface area contributed by atoms with Crippen LogP contribution in [0.1, 0.15) is 42.5 Å². The van der Waals surface area contributed by atoms with Gasteiger partial charge in [0.25, 0.3) is 0 Å². The van der Waals surface area contributed by atoms with E-state index < -0.39 is 0 Å². The van der Waals surface area contributed by atoms with E-state index in [0.717, 1.165) is 55.0 Å². The van der Waals surface area contributed by atoms with E-state index in [0.29, 0.717) is 19.1 Å². The van der Waals surface area contributed by atoms with Crippen molar-refractivity contribution >= 4 is 11.6 Å². The van der Waals surface area contributed by atoms with E-state index in [1.165, 1.54) is 5.56 Å². The van der Waals surface area contributed by atoms with Gasteiger partial charge in [0.2, 0.25) is 5.91 Å². The van der Waals surface area contributed by atoms with Crippen LogP contribution in [0.2, 0.25) is 0 Å². The number of carbonyl (C=O) groups is 1. The van der Waals surface area contributed by atoms with E-state index >= 15 is 0 Å². The van der Waals surface area contributed by atoms with E-state index in [4.69, 9.17) is 4.74 Å². The maximum atomic E-state index is 11.6. The first-order valence-electron chi connectivity index (χ1n) is 10.3. The molecule has 29 heavy (non-hydrogen) atoms. The molecule has 3 aromatic rings. The van der Waals surface area contributed by atoms with Crippen molar-refractivity contribution in [3.8, 4) is 5.75 Å². The van der Waals surface area contributed by atoms with Crippen LogP contribution in [0.4, 0.5) is 0 Å². The van der Waals surface area contributed by atoms with E-state index in [1.54, 1.807) is 0 Å². The largest absolute Gasteiger partial charge is 0.487 e. The van der Waals surface area contributed by atoms with Gasteiger partial charge < -0.3 is 19.8 Å². The van der Waals surface area contributed by atoms with E-state index in [-0.39, 0.29) is 5.91 Å². The Morgan fingerprint density at radius 3 is 2.83 bits per heavy atom. The molecule has 2 heterocycles. The molecule has 2 aromatic heterocycles. The minimum absolute atomic E-state index is 0.177. The van der Waals surface area contributed by atoms with Gasteiger partial charge in [-0.3, -0.25) is 4.79 Å². The molecule has 0 bridgehead atoms. The fourth-order valence-electron chi connectivity index (χ4n) is 3.27. The Morgan fingerprint density at radius 2 is 2.07 bits per heavy atom. The van der Waals surface area contributed by atoms with Crippen LogP contribution in [0, 0.1) is 6.92 Å². The molecule has 0 atom stereocenters. The van der Waals surface area contributed by atoms with Gasteiger partial charge in [0.15, 0.2) is 0 Å². The molecule has 0 spiro atoms. The van der Waals surface area contributed by atoms with Gasteiger partial charge in [-0.05, 0) is 62.1 Å². The molecule has 0 saturated heterocycles. The molecule has 4 rings (SSSR count). The lowest BCUT2D eigenvalue weighted by molar-refractivity contribution is -0.121. The van der Waals surface area contributed by atoms with Crippen LogP contribution in [0.25, 0.3) is 5.65 Å². The quantitative estimate of drug-likeness (QED) is 0.519. The molecule has 1 amide bonds. The Morgan fingerprint density at radius 1 is 1.24 bits per heavy atom. The molecule has 1 aliphatic carbocycles. The van der Waals surface area contributed by atoms with Gasteiger partial charge in [0.05, 0.1) is 5.69 Å². The number of rotatable bonds is 10. The molecule has 2 N–H and O–H groups in total. The van der Waals surface area contributed by atoms with Crippen molar-refractivity contribution in [1.29, 1.82) is 0 Å². The minimum Gasteiger partial charge on any atom is -0.487 e. The Bertz CT molecular complexity index is 961. The maximum Gasteiger partial charge on any atom is 0.220 e. The van der Waals surface area contributed by atoms with E-state index in [2.05, 4.69) is 40.7 Å². The summed E-state index contributed by atoms with van der Waals surface area (Å²) in [7, 11) is 0. The summed E-state index contributed by atoms with van der Waals surface area (Å²) in [6, 6.07) is 12.6. The lowest BCUT2D eigenvalue weighted by Crippen LogP contribution is -2.26. The third-order valence-corrected chi connectivity index (χ3v) is 5.07. The number of amides is 1. The van der Waals surface area contributed by atoms with E-state index in [1.807, 2.05) is 35.0 Å². The SMILES string of the molecule is Cc1cccn2cc(COc3ccc(CNCCCC(=O)NC4CC4)cc3)nc12. The minimum atomic E-state index is 0.177. The summed E-state index contributed by atoms with van der Waals surface area (Å²) in [5, 5.41) is 6.41. The molecule has 0 aliphatic heterocycles. The van der Waals surface area contributed by atoms with Crippen molar-refractivity contribution < 1.29 is 9.53 Å². The first kappa shape index (κ1) is 19.5. The van der Waals surface area contributed by atoms with Crippen molar-refractivity contribution in [1.82, 2.24) is 20.0 Å². The number of aryl methyl sites for hydroxylation is 1. The van der Waals surface area contributed by atoms with Gasteiger partial charge in [-0.15, -0.1) is 0 Å². The number of nitrogens with one attached hydrogen (secondary N) is 2. The first-order valence-corrected chi connectivity index (χ1v) is 10.3. The Hall–Kier alpha value is -2.86. The zero-order valence-corrected chi connectivity index (χ0v) is 16.9. The monoisotopic (exact) mass is 392 g/mol. The second-order valence-electron chi connectivity index (χ2n) is 7.71. The highest BCUT2D eigenvalue weighted by Crippen LogP contribution is 2.18. The summed E-state index contributed by atoms with van der Waals surface area (Å²) in [5.41, 5.74) is 4.23. The molecule has 1 aliphatic rings. The zero-order valence-electron chi connectivity index (χ0n) is 16.9. The number of hydrogen-bond donors (Lipinski definition) is 2. The fourth-order valence-corrected chi connectivity index (χ4v) is 3.27. The number of pyridine rings is 1. The molecule has 1 saturated carbocycles. The molecule has 6 nitrogen and oxygen atoms in total. The number of benzene rings is 1. The number of hydrogen-bond acceptors (Lipinski definition) is 4. The van der Waals surface area contributed by atoms with Gasteiger partial charge in [-0.25, -0.2) is 4.98 Å². The van der Waals surface area contributed by atoms with Crippen LogP contribution < -0.4 is 15.4 Å². The highest BCUT2D eigenvalue weighted by atomic mass is 16.5. The Balaban J connectivity index is 1.17. The molecule has 1 aromatic carbocycles. The summed E-state index contributed by atoms with van der Waals surface area (Å²) in [6.07, 6.45) is 7.74. The highest BCUT2D eigenvalue weighted by Gasteiger charge is 2.22. The number of ether oxygens (including phenoxy) is 1. The smallest absolute Gasteiger partial charge is 0.220 e. The molecule has 1 fully saturated rings. The average molecular weight is 393 g/mol. The van der Waals surface area contributed by atoms with E-state index in [9.17, 15) is 4.79 Å². The first-order chi connectivity index (χ1) is 14.2. The van der Waals surface area contributed by atoms with Crippen LogP contribution >= 0.6 is 0 Å². The van der Waals surface area contributed by atoms with Gasteiger partial charge in [0, 0.05) is 31.4 Å². The maximum absolute atomic E-state index is 11.6. The highest BCUT2D eigenvalue weighted by molar-refractivity contribution is 5.76. The molecular weight excluding hydrogens is 364 g/mol. The Labute approximate surface area is 171 Å². The molecule has 0 radical (unpaired) electrons. The summed E-state index contributed by atoms with van der Waals surface area (Å²) < 4.78 is 7.91. The van der Waals surface area contributed by atoms with Crippen molar-refractivity contribution in [2.24, 2.45) is 0 Å². The van der Waals surface area contributed by atoms with Crippen LogP contribution in [-0.2, 0) is 17.9 Å². The summed E-state index contributed by atoms with van der Waals surface area (Å²) in [5.74, 6) is 1.01. The molecule has 6 heteroatoms. The van der Waals surface area contributed by atoms with Crippen LogP contribution in [-0.4, -0.2) is 27.9 Å². The number of fused-ring (bicyclic) bond motifs is 1. The van der Waals surface area contributed by atoms with Crippen LogP contribution in [0.5, 0.6) is 5.75 Å². The second-order valence-corrected chi connectivity index (χ2v) is 7.71.